The van der Waals surface area contributed by atoms with Gasteiger partial charge in [-0.1, -0.05) is 111 Å². The normalized spacial score (nSPS) is 11.8. The SMILES string of the molecule is CCCCCCCN(CCCCCSc1nc(-c2ccccc2)c(-c2ccccc2)[nH]1)C(N)=NC(C)C. The van der Waals surface area contributed by atoms with Gasteiger partial charge in [-0.15, -0.1) is 0 Å². The largest absolute Gasteiger partial charge is 0.370 e. The quantitative estimate of drug-likeness (QED) is 0.0870. The number of nitrogens with zero attached hydrogens (tertiary/aromatic N) is 3. The average molecular weight is 520 g/mol. The van der Waals surface area contributed by atoms with E-state index in [4.69, 9.17) is 10.7 Å². The van der Waals surface area contributed by atoms with Gasteiger partial charge in [-0.3, -0.25) is 4.99 Å². The number of nitrogens with one attached hydrogen (secondary N) is 1. The van der Waals surface area contributed by atoms with E-state index in [2.05, 4.69) is 84.2 Å². The fraction of sp³-hybridized carbons (Fsp3) is 0.484. The molecule has 0 radical (unpaired) electrons. The smallest absolute Gasteiger partial charge is 0.191 e. The number of aliphatic imine (C=N–C) groups is 1. The molecule has 6 heteroatoms. The Labute approximate surface area is 228 Å². The third-order valence-corrected chi connectivity index (χ3v) is 7.31. The van der Waals surface area contributed by atoms with Crippen LogP contribution < -0.4 is 5.73 Å². The molecule has 1 aromatic heterocycles. The van der Waals surface area contributed by atoms with E-state index in [1.165, 1.54) is 38.5 Å². The van der Waals surface area contributed by atoms with Crippen LogP contribution in [0.3, 0.4) is 0 Å². The standard InChI is InChI=1S/C31H45N5S/c1-4-5-6-7-15-22-36(30(32)33-25(2)3)23-16-10-17-24-37-31-34-28(26-18-11-8-12-19-26)29(35-31)27-20-13-9-14-21-27/h8-9,11-14,18-21,25H,4-7,10,15-17,22-24H2,1-3H3,(H2,32,33)(H,34,35). The first-order valence-electron chi connectivity index (χ1n) is 14.0. The van der Waals surface area contributed by atoms with E-state index < -0.39 is 0 Å². The molecule has 3 rings (SSSR count). The number of aromatic amines is 1. The number of hydrogen-bond acceptors (Lipinski definition) is 3. The van der Waals surface area contributed by atoms with E-state index in [0.717, 1.165) is 59.4 Å². The number of aromatic nitrogens is 2. The summed E-state index contributed by atoms with van der Waals surface area (Å²) in [7, 11) is 0. The lowest BCUT2D eigenvalue weighted by Gasteiger charge is -2.24. The number of rotatable bonds is 16. The van der Waals surface area contributed by atoms with Gasteiger partial charge in [-0.25, -0.2) is 4.98 Å². The van der Waals surface area contributed by atoms with Crippen LogP contribution in [0, 0.1) is 0 Å². The molecule has 0 saturated carbocycles. The fourth-order valence-electron chi connectivity index (χ4n) is 4.38. The van der Waals surface area contributed by atoms with Gasteiger partial charge in [0.1, 0.15) is 0 Å². The zero-order valence-electron chi connectivity index (χ0n) is 23.0. The van der Waals surface area contributed by atoms with E-state index in [1.54, 1.807) is 0 Å². The van der Waals surface area contributed by atoms with Crippen LogP contribution in [0.15, 0.2) is 70.8 Å². The minimum absolute atomic E-state index is 0.230. The van der Waals surface area contributed by atoms with Gasteiger partial charge >= 0.3 is 0 Å². The van der Waals surface area contributed by atoms with Crippen LogP contribution in [0.25, 0.3) is 22.5 Å². The van der Waals surface area contributed by atoms with Crippen LogP contribution in [-0.2, 0) is 0 Å². The van der Waals surface area contributed by atoms with E-state index in [1.807, 2.05) is 23.9 Å². The van der Waals surface area contributed by atoms with E-state index in [-0.39, 0.29) is 6.04 Å². The number of thioether (sulfide) groups is 1. The minimum atomic E-state index is 0.230. The van der Waals surface area contributed by atoms with Crippen LogP contribution in [0.1, 0.15) is 72.1 Å². The van der Waals surface area contributed by atoms with Crippen LogP contribution in [0.5, 0.6) is 0 Å². The molecule has 0 aliphatic carbocycles. The molecule has 0 aliphatic rings. The highest BCUT2D eigenvalue weighted by Gasteiger charge is 2.14. The number of H-pyrrole nitrogens is 1. The lowest BCUT2D eigenvalue weighted by Crippen LogP contribution is -2.39. The highest BCUT2D eigenvalue weighted by molar-refractivity contribution is 7.99. The predicted molar refractivity (Wildman–Crippen MR) is 161 cm³/mol. The molecule has 200 valence electrons. The van der Waals surface area contributed by atoms with Crippen molar-refractivity contribution in [3.8, 4) is 22.5 Å². The first-order valence-corrected chi connectivity index (χ1v) is 15.0. The van der Waals surface area contributed by atoms with Crippen molar-refractivity contribution < 1.29 is 0 Å². The third kappa shape index (κ3) is 9.92. The maximum Gasteiger partial charge on any atom is 0.191 e. The third-order valence-electron chi connectivity index (χ3n) is 6.35. The molecule has 0 atom stereocenters. The number of unbranched alkanes of at least 4 members (excludes halogenated alkanes) is 6. The monoisotopic (exact) mass is 519 g/mol. The van der Waals surface area contributed by atoms with Crippen LogP contribution in [0.4, 0.5) is 0 Å². The second kappa shape index (κ2) is 16.2. The van der Waals surface area contributed by atoms with Gasteiger partial charge in [0, 0.05) is 36.0 Å². The summed E-state index contributed by atoms with van der Waals surface area (Å²) in [6.07, 6.45) is 9.83. The summed E-state index contributed by atoms with van der Waals surface area (Å²) < 4.78 is 0. The Balaban J connectivity index is 1.50. The van der Waals surface area contributed by atoms with Gasteiger partial charge in [0.2, 0.25) is 0 Å². The fourth-order valence-corrected chi connectivity index (χ4v) is 5.25. The molecule has 0 fully saturated rings. The molecule has 0 amide bonds. The van der Waals surface area contributed by atoms with E-state index in [9.17, 15) is 0 Å². The Bertz CT molecular complexity index is 989. The molecule has 0 aliphatic heterocycles. The van der Waals surface area contributed by atoms with Gasteiger partial charge in [0.25, 0.3) is 0 Å². The number of benzene rings is 2. The Morgan fingerprint density at radius 3 is 2.08 bits per heavy atom. The minimum Gasteiger partial charge on any atom is -0.370 e. The van der Waals surface area contributed by atoms with Crippen molar-refractivity contribution in [3.05, 3.63) is 60.7 Å². The van der Waals surface area contributed by atoms with Crippen molar-refractivity contribution >= 4 is 17.7 Å². The van der Waals surface area contributed by atoms with Crippen molar-refractivity contribution in [1.29, 1.82) is 0 Å². The number of hydrogen-bond donors (Lipinski definition) is 2. The van der Waals surface area contributed by atoms with Crippen molar-refractivity contribution in [1.82, 2.24) is 14.9 Å². The molecule has 5 nitrogen and oxygen atoms in total. The Morgan fingerprint density at radius 2 is 1.46 bits per heavy atom. The molecule has 3 aromatic rings. The van der Waals surface area contributed by atoms with E-state index >= 15 is 0 Å². The maximum absolute atomic E-state index is 6.35. The summed E-state index contributed by atoms with van der Waals surface area (Å²) in [6, 6.07) is 21.1. The van der Waals surface area contributed by atoms with Crippen LogP contribution in [0.2, 0.25) is 0 Å². The van der Waals surface area contributed by atoms with Crippen LogP contribution >= 0.6 is 11.8 Å². The zero-order valence-corrected chi connectivity index (χ0v) is 23.8. The van der Waals surface area contributed by atoms with Gasteiger partial charge in [0.15, 0.2) is 11.1 Å². The molecule has 2 aromatic carbocycles. The van der Waals surface area contributed by atoms with Crippen molar-refractivity contribution in [2.75, 3.05) is 18.8 Å². The van der Waals surface area contributed by atoms with Crippen molar-refractivity contribution in [3.63, 3.8) is 0 Å². The maximum atomic E-state index is 6.35. The lowest BCUT2D eigenvalue weighted by molar-refractivity contribution is 0.382. The zero-order chi connectivity index (χ0) is 26.3. The molecule has 0 bridgehead atoms. The molecule has 0 saturated heterocycles. The van der Waals surface area contributed by atoms with Gasteiger partial charge in [-0.2, -0.15) is 0 Å². The predicted octanol–water partition coefficient (Wildman–Crippen LogP) is 8.00. The molecular formula is C31H45N5S. The second-order valence-corrected chi connectivity index (χ2v) is 11.0. The Kier molecular flexibility index (Phi) is 12.6. The van der Waals surface area contributed by atoms with Gasteiger partial charge in [0.05, 0.1) is 11.4 Å². The van der Waals surface area contributed by atoms with E-state index in [0.29, 0.717) is 5.96 Å². The highest BCUT2D eigenvalue weighted by atomic mass is 32.2. The summed E-state index contributed by atoms with van der Waals surface area (Å²) in [5, 5.41) is 0.986. The average Bonchev–Trinajstić information content (AvgIpc) is 3.34. The Hall–Kier alpha value is -2.73. The van der Waals surface area contributed by atoms with Crippen molar-refractivity contribution in [2.24, 2.45) is 10.7 Å². The summed E-state index contributed by atoms with van der Waals surface area (Å²) in [5.74, 6) is 1.75. The molecule has 1 heterocycles. The number of nitrogens with two attached hydrogens (primary N) is 1. The van der Waals surface area contributed by atoms with Gasteiger partial charge in [-0.05, 0) is 33.1 Å². The van der Waals surface area contributed by atoms with Gasteiger partial charge < -0.3 is 15.6 Å². The topological polar surface area (TPSA) is 70.3 Å². The van der Waals surface area contributed by atoms with Crippen LogP contribution in [-0.4, -0.2) is 45.7 Å². The molecule has 37 heavy (non-hydrogen) atoms. The Morgan fingerprint density at radius 1 is 0.865 bits per heavy atom. The number of guanidine groups is 1. The highest BCUT2D eigenvalue weighted by Crippen LogP contribution is 2.32. The first kappa shape index (κ1) is 28.8. The summed E-state index contributed by atoms with van der Waals surface area (Å²) in [4.78, 5) is 15.5. The molecule has 3 N–H and O–H groups in total. The molecule has 0 spiro atoms. The number of imidazole rings is 1. The summed E-state index contributed by atoms with van der Waals surface area (Å²) in [5.41, 5.74) is 10.8. The first-order chi connectivity index (χ1) is 18.1. The lowest BCUT2D eigenvalue weighted by atomic mass is 10.1. The second-order valence-electron chi connectivity index (χ2n) is 9.89. The molecular weight excluding hydrogens is 474 g/mol. The van der Waals surface area contributed by atoms with Crippen molar-refractivity contribution in [2.45, 2.75) is 83.3 Å². The summed E-state index contributed by atoms with van der Waals surface area (Å²) >= 11 is 1.81. The summed E-state index contributed by atoms with van der Waals surface area (Å²) in [6.45, 7) is 8.43. The molecule has 0 unspecified atom stereocenters.